The van der Waals surface area contributed by atoms with E-state index in [0.29, 0.717) is 11.8 Å². The number of carbonyl (C=O) groups is 1. The van der Waals surface area contributed by atoms with E-state index < -0.39 is 0 Å². The molecule has 2 nitrogen and oxygen atoms in total. The van der Waals surface area contributed by atoms with Crippen LogP contribution in [0.2, 0.25) is 0 Å². The lowest BCUT2D eigenvalue weighted by Crippen LogP contribution is -2.37. The van der Waals surface area contributed by atoms with Crippen molar-refractivity contribution >= 4 is 5.78 Å². The topological polar surface area (TPSA) is 26.3 Å². The molecule has 1 saturated carbocycles. The molecule has 0 radical (unpaired) electrons. The summed E-state index contributed by atoms with van der Waals surface area (Å²) in [6, 6.07) is 0. The van der Waals surface area contributed by atoms with Gasteiger partial charge in [0.1, 0.15) is 6.10 Å². The molecule has 4 atom stereocenters. The van der Waals surface area contributed by atoms with E-state index >= 15 is 0 Å². The number of ether oxygens (including phenoxy) is 1. The van der Waals surface area contributed by atoms with Crippen molar-refractivity contribution in [2.45, 2.75) is 66.1 Å². The van der Waals surface area contributed by atoms with Crippen LogP contribution in [0.4, 0.5) is 0 Å². The molecule has 94 valence electrons. The average molecular weight is 226 g/mol. The summed E-state index contributed by atoms with van der Waals surface area (Å²) >= 11 is 0. The molecule has 0 saturated heterocycles. The van der Waals surface area contributed by atoms with Gasteiger partial charge >= 0.3 is 0 Å². The van der Waals surface area contributed by atoms with Crippen LogP contribution in [0.5, 0.6) is 0 Å². The third-order valence-electron chi connectivity index (χ3n) is 3.91. The molecule has 1 rings (SSSR count). The Hall–Kier alpha value is -0.370. The SMILES string of the molecule is CC(=O)C(C)OC1CC(C)CCC1C(C)C. The van der Waals surface area contributed by atoms with Crippen LogP contribution in [0, 0.1) is 17.8 Å². The van der Waals surface area contributed by atoms with Crippen LogP contribution < -0.4 is 0 Å². The summed E-state index contributed by atoms with van der Waals surface area (Å²) in [5.74, 6) is 2.15. The van der Waals surface area contributed by atoms with E-state index in [4.69, 9.17) is 4.74 Å². The van der Waals surface area contributed by atoms with Gasteiger partial charge in [0.2, 0.25) is 0 Å². The monoisotopic (exact) mass is 226 g/mol. The van der Waals surface area contributed by atoms with E-state index in [9.17, 15) is 4.79 Å². The Kier molecular flexibility index (Phi) is 4.97. The highest BCUT2D eigenvalue weighted by Gasteiger charge is 2.32. The summed E-state index contributed by atoms with van der Waals surface area (Å²) in [5.41, 5.74) is 0. The molecule has 1 aliphatic carbocycles. The predicted octanol–water partition coefficient (Wildman–Crippen LogP) is 3.44. The Labute approximate surface area is 99.8 Å². The van der Waals surface area contributed by atoms with Gasteiger partial charge in [-0.15, -0.1) is 0 Å². The van der Waals surface area contributed by atoms with Gasteiger partial charge in [-0.25, -0.2) is 0 Å². The molecule has 0 aliphatic heterocycles. The molecule has 0 N–H and O–H groups in total. The van der Waals surface area contributed by atoms with E-state index in [0.717, 1.165) is 12.3 Å². The fraction of sp³-hybridized carbons (Fsp3) is 0.929. The number of Topliss-reactive ketones (excluding diaryl/α,β-unsaturated/α-hetero) is 1. The molecule has 0 aromatic heterocycles. The minimum absolute atomic E-state index is 0.140. The molecule has 2 heteroatoms. The Bertz CT molecular complexity index is 235. The largest absolute Gasteiger partial charge is 0.367 e. The van der Waals surface area contributed by atoms with Gasteiger partial charge in [-0.2, -0.15) is 0 Å². The van der Waals surface area contributed by atoms with E-state index in [1.165, 1.54) is 12.8 Å². The molecular formula is C14H26O2. The second-order valence-electron chi connectivity index (χ2n) is 5.75. The molecule has 0 aromatic rings. The first-order chi connectivity index (χ1) is 7.41. The summed E-state index contributed by atoms with van der Waals surface area (Å²) in [4.78, 5) is 11.3. The molecule has 0 aromatic carbocycles. The standard InChI is InChI=1S/C14H26O2/c1-9(2)13-7-6-10(3)8-14(13)16-12(5)11(4)15/h9-10,12-14H,6-8H2,1-5H3. The van der Waals surface area contributed by atoms with E-state index in [2.05, 4.69) is 20.8 Å². The number of ketones is 1. The van der Waals surface area contributed by atoms with Gasteiger partial charge in [-0.05, 0) is 44.4 Å². The van der Waals surface area contributed by atoms with Crippen LogP contribution >= 0.6 is 0 Å². The zero-order chi connectivity index (χ0) is 12.3. The molecule has 0 spiro atoms. The van der Waals surface area contributed by atoms with Crippen molar-refractivity contribution in [2.24, 2.45) is 17.8 Å². The number of carbonyl (C=O) groups excluding carboxylic acids is 1. The summed E-state index contributed by atoms with van der Waals surface area (Å²) in [7, 11) is 0. The maximum atomic E-state index is 11.3. The average Bonchev–Trinajstić information content (AvgIpc) is 2.16. The van der Waals surface area contributed by atoms with Gasteiger partial charge in [-0.3, -0.25) is 4.79 Å². The highest BCUT2D eigenvalue weighted by molar-refractivity contribution is 5.79. The van der Waals surface area contributed by atoms with Gasteiger partial charge in [-0.1, -0.05) is 27.2 Å². The Morgan fingerprint density at radius 2 is 1.88 bits per heavy atom. The van der Waals surface area contributed by atoms with Crippen molar-refractivity contribution in [1.82, 2.24) is 0 Å². The van der Waals surface area contributed by atoms with Gasteiger partial charge in [0.15, 0.2) is 5.78 Å². The lowest BCUT2D eigenvalue weighted by molar-refractivity contribution is -0.137. The molecule has 0 amide bonds. The van der Waals surface area contributed by atoms with Crippen molar-refractivity contribution < 1.29 is 9.53 Å². The third-order valence-corrected chi connectivity index (χ3v) is 3.91. The Morgan fingerprint density at radius 3 is 2.38 bits per heavy atom. The smallest absolute Gasteiger partial charge is 0.158 e. The summed E-state index contributed by atoms with van der Waals surface area (Å²) in [5, 5.41) is 0. The number of hydrogen-bond donors (Lipinski definition) is 0. The predicted molar refractivity (Wildman–Crippen MR) is 66.4 cm³/mol. The minimum Gasteiger partial charge on any atom is -0.367 e. The first-order valence-corrected chi connectivity index (χ1v) is 6.57. The first kappa shape index (κ1) is 13.7. The van der Waals surface area contributed by atoms with Crippen molar-refractivity contribution in [2.75, 3.05) is 0 Å². The first-order valence-electron chi connectivity index (χ1n) is 6.57. The highest BCUT2D eigenvalue weighted by Crippen LogP contribution is 2.35. The molecule has 0 bridgehead atoms. The lowest BCUT2D eigenvalue weighted by Gasteiger charge is -2.38. The zero-order valence-electron chi connectivity index (χ0n) is 11.3. The van der Waals surface area contributed by atoms with Gasteiger partial charge in [0, 0.05) is 0 Å². The quantitative estimate of drug-likeness (QED) is 0.734. The molecule has 1 aliphatic rings. The van der Waals surface area contributed by atoms with Crippen LogP contribution in [-0.2, 0) is 9.53 Å². The Morgan fingerprint density at radius 1 is 1.25 bits per heavy atom. The van der Waals surface area contributed by atoms with Crippen molar-refractivity contribution in [3.63, 3.8) is 0 Å². The zero-order valence-corrected chi connectivity index (χ0v) is 11.3. The minimum atomic E-state index is -0.239. The molecule has 0 heterocycles. The van der Waals surface area contributed by atoms with Crippen molar-refractivity contribution in [3.8, 4) is 0 Å². The van der Waals surface area contributed by atoms with Crippen LogP contribution in [0.15, 0.2) is 0 Å². The Balaban J connectivity index is 2.60. The fourth-order valence-electron chi connectivity index (χ4n) is 2.63. The third kappa shape index (κ3) is 3.58. The van der Waals surface area contributed by atoms with Crippen LogP contribution in [0.25, 0.3) is 0 Å². The maximum absolute atomic E-state index is 11.3. The van der Waals surface area contributed by atoms with E-state index in [1.54, 1.807) is 6.92 Å². The normalized spacial score (nSPS) is 32.8. The second kappa shape index (κ2) is 5.81. The summed E-state index contributed by atoms with van der Waals surface area (Å²) in [6.07, 6.45) is 3.70. The van der Waals surface area contributed by atoms with Crippen LogP contribution in [0.3, 0.4) is 0 Å². The van der Waals surface area contributed by atoms with Gasteiger partial charge < -0.3 is 4.74 Å². The molecular weight excluding hydrogens is 200 g/mol. The maximum Gasteiger partial charge on any atom is 0.158 e. The molecule has 1 fully saturated rings. The summed E-state index contributed by atoms with van der Waals surface area (Å²) < 4.78 is 5.95. The second-order valence-corrected chi connectivity index (χ2v) is 5.75. The number of hydrogen-bond acceptors (Lipinski definition) is 2. The fourth-order valence-corrected chi connectivity index (χ4v) is 2.63. The molecule has 4 unspecified atom stereocenters. The van der Waals surface area contributed by atoms with E-state index in [1.807, 2.05) is 6.92 Å². The van der Waals surface area contributed by atoms with E-state index in [-0.39, 0.29) is 18.0 Å². The van der Waals surface area contributed by atoms with Crippen molar-refractivity contribution in [1.29, 1.82) is 0 Å². The van der Waals surface area contributed by atoms with Gasteiger partial charge in [0.25, 0.3) is 0 Å². The van der Waals surface area contributed by atoms with Crippen molar-refractivity contribution in [3.05, 3.63) is 0 Å². The number of rotatable bonds is 4. The van der Waals surface area contributed by atoms with Crippen LogP contribution in [0.1, 0.15) is 53.9 Å². The van der Waals surface area contributed by atoms with Gasteiger partial charge in [0.05, 0.1) is 6.10 Å². The van der Waals surface area contributed by atoms with Crippen LogP contribution in [-0.4, -0.2) is 18.0 Å². The lowest BCUT2D eigenvalue weighted by atomic mass is 9.75. The summed E-state index contributed by atoms with van der Waals surface area (Å²) in [6.45, 7) is 10.3. The highest BCUT2D eigenvalue weighted by atomic mass is 16.5. The molecule has 16 heavy (non-hydrogen) atoms.